The maximum absolute atomic E-state index is 8.89. The van der Waals surface area contributed by atoms with Crippen LogP contribution in [-0.4, -0.2) is 0 Å². The summed E-state index contributed by atoms with van der Waals surface area (Å²) in [5, 5.41) is 9.56. The molecule has 2 aromatic rings. The molecular formula is C14H11ClN2. The first-order valence-electron chi connectivity index (χ1n) is 5.23. The van der Waals surface area contributed by atoms with Crippen molar-refractivity contribution in [1.82, 2.24) is 0 Å². The lowest BCUT2D eigenvalue weighted by Crippen LogP contribution is -1.98. The molecule has 0 atom stereocenters. The van der Waals surface area contributed by atoms with Crippen LogP contribution in [0.4, 0.5) is 0 Å². The van der Waals surface area contributed by atoms with E-state index in [2.05, 4.69) is 6.07 Å². The van der Waals surface area contributed by atoms with Gasteiger partial charge in [-0.2, -0.15) is 5.26 Å². The molecule has 0 heterocycles. The van der Waals surface area contributed by atoms with Gasteiger partial charge >= 0.3 is 0 Å². The van der Waals surface area contributed by atoms with Gasteiger partial charge < -0.3 is 5.73 Å². The van der Waals surface area contributed by atoms with Crippen LogP contribution in [0.5, 0.6) is 0 Å². The van der Waals surface area contributed by atoms with Gasteiger partial charge in [0.1, 0.15) is 0 Å². The predicted molar refractivity (Wildman–Crippen MR) is 69.5 cm³/mol. The fraction of sp³-hybridized carbons (Fsp3) is 0.0714. The van der Waals surface area contributed by atoms with E-state index in [1.54, 1.807) is 6.07 Å². The monoisotopic (exact) mass is 242 g/mol. The molecule has 0 aliphatic heterocycles. The first-order chi connectivity index (χ1) is 8.24. The third kappa shape index (κ3) is 2.47. The summed E-state index contributed by atoms with van der Waals surface area (Å²) in [7, 11) is 0. The molecule has 2 rings (SSSR count). The number of nitrogens with two attached hydrogens (primary N) is 1. The Balaban J connectivity index is 2.59. The van der Waals surface area contributed by atoms with Crippen molar-refractivity contribution in [3.05, 3.63) is 58.6 Å². The lowest BCUT2D eigenvalue weighted by molar-refractivity contribution is 1.07. The number of nitriles is 1. The Morgan fingerprint density at radius 3 is 2.71 bits per heavy atom. The molecule has 84 valence electrons. The summed E-state index contributed by atoms with van der Waals surface area (Å²) in [4.78, 5) is 0. The van der Waals surface area contributed by atoms with Crippen LogP contribution in [-0.2, 0) is 6.54 Å². The van der Waals surface area contributed by atoms with Gasteiger partial charge in [0.2, 0.25) is 0 Å². The fourth-order valence-corrected chi connectivity index (χ4v) is 1.92. The highest BCUT2D eigenvalue weighted by Crippen LogP contribution is 2.27. The first kappa shape index (κ1) is 11.7. The number of halogens is 1. The molecule has 0 amide bonds. The number of nitrogens with zero attached hydrogens (tertiary/aromatic N) is 1. The quantitative estimate of drug-likeness (QED) is 0.878. The van der Waals surface area contributed by atoms with Crippen molar-refractivity contribution in [2.45, 2.75) is 6.54 Å². The lowest BCUT2D eigenvalue weighted by atomic mass is 9.98. The summed E-state index contributed by atoms with van der Waals surface area (Å²) in [5.41, 5.74) is 9.30. The largest absolute Gasteiger partial charge is 0.326 e. The molecule has 0 unspecified atom stereocenters. The average molecular weight is 243 g/mol. The molecule has 0 aromatic heterocycles. The molecule has 0 radical (unpaired) electrons. The van der Waals surface area contributed by atoms with E-state index in [1.165, 1.54) is 0 Å². The zero-order valence-electron chi connectivity index (χ0n) is 9.15. The second kappa shape index (κ2) is 5.01. The Morgan fingerprint density at radius 1 is 1.18 bits per heavy atom. The Bertz CT molecular complexity index is 585. The van der Waals surface area contributed by atoms with E-state index < -0.39 is 0 Å². The molecule has 0 spiro atoms. The fourth-order valence-electron chi connectivity index (χ4n) is 1.75. The number of hydrogen-bond acceptors (Lipinski definition) is 2. The van der Waals surface area contributed by atoms with Crippen molar-refractivity contribution in [2.24, 2.45) is 5.73 Å². The van der Waals surface area contributed by atoms with E-state index in [0.29, 0.717) is 17.1 Å². The second-order valence-corrected chi connectivity index (χ2v) is 4.13. The van der Waals surface area contributed by atoms with Crippen LogP contribution in [0.3, 0.4) is 0 Å². The van der Waals surface area contributed by atoms with Crippen LogP contribution in [0, 0.1) is 11.3 Å². The van der Waals surface area contributed by atoms with Crippen LogP contribution in [0.1, 0.15) is 11.1 Å². The standard InChI is InChI=1S/C14H11ClN2/c15-13-5-4-12(9-17)14(7-13)11-3-1-2-10(6-11)8-16/h1-7H,9,17H2. The molecule has 0 saturated heterocycles. The SMILES string of the molecule is N#Cc1cccc(-c2cc(Cl)ccc2CN)c1. The number of benzene rings is 2. The maximum Gasteiger partial charge on any atom is 0.0991 e. The van der Waals surface area contributed by atoms with E-state index in [4.69, 9.17) is 22.6 Å². The van der Waals surface area contributed by atoms with Gasteiger partial charge in [-0.05, 0) is 41.0 Å². The van der Waals surface area contributed by atoms with Gasteiger partial charge in [0.15, 0.2) is 0 Å². The molecule has 2 nitrogen and oxygen atoms in total. The normalized spacial score (nSPS) is 9.94. The van der Waals surface area contributed by atoms with Gasteiger partial charge in [0, 0.05) is 11.6 Å². The van der Waals surface area contributed by atoms with Gasteiger partial charge in [-0.15, -0.1) is 0 Å². The Kier molecular flexibility index (Phi) is 3.43. The van der Waals surface area contributed by atoms with Gasteiger partial charge in [-0.1, -0.05) is 29.8 Å². The Morgan fingerprint density at radius 2 is 2.00 bits per heavy atom. The zero-order valence-corrected chi connectivity index (χ0v) is 9.91. The molecular weight excluding hydrogens is 232 g/mol. The third-order valence-electron chi connectivity index (χ3n) is 2.59. The van der Waals surface area contributed by atoms with Gasteiger partial charge in [0.25, 0.3) is 0 Å². The van der Waals surface area contributed by atoms with Gasteiger partial charge in [0.05, 0.1) is 11.6 Å². The van der Waals surface area contributed by atoms with Gasteiger partial charge in [-0.25, -0.2) is 0 Å². The molecule has 17 heavy (non-hydrogen) atoms. The van der Waals surface area contributed by atoms with Crippen molar-refractivity contribution >= 4 is 11.6 Å². The van der Waals surface area contributed by atoms with E-state index >= 15 is 0 Å². The van der Waals surface area contributed by atoms with Crippen molar-refractivity contribution in [1.29, 1.82) is 5.26 Å². The summed E-state index contributed by atoms with van der Waals surface area (Å²) < 4.78 is 0. The highest BCUT2D eigenvalue weighted by molar-refractivity contribution is 6.30. The van der Waals surface area contributed by atoms with Crippen LogP contribution in [0.25, 0.3) is 11.1 Å². The van der Waals surface area contributed by atoms with E-state index in [-0.39, 0.29) is 0 Å². The van der Waals surface area contributed by atoms with Crippen molar-refractivity contribution < 1.29 is 0 Å². The molecule has 0 saturated carbocycles. The molecule has 3 heteroatoms. The highest BCUT2D eigenvalue weighted by atomic mass is 35.5. The summed E-state index contributed by atoms with van der Waals surface area (Å²) in [6.07, 6.45) is 0. The molecule has 0 aliphatic rings. The minimum Gasteiger partial charge on any atom is -0.326 e. The van der Waals surface area contributed by atoms with E-state index in [0.717, 1.165) is 16.7 Å². The van der Waals surface area contributed by atoms with Crippen molar-refractivity contribution in [3.8, 4) is 17.2 Å². The summed E-state index contributed by atoms with van der Waals surface area (Å²) >= 11 is 5.99. The molecule has 2 aromatic carbocycles. The average Bonchev–Trinajstić information content (AvgIpc) is 2.39. The minimum atomic E-state index is 0.448. The van der Waals surface area contributed by atoms with Crippen LogP contribution in [0.2, 0.25) is 5.02 Å². The van der Waals surface area contributed by atoms with E-state index in [9.17, 15) is 0 Å². The molecule has 2 N–H and O–H groups in total. The minimum absolute atomic E-state index is 0.448. The molecule has 0 aliphatic carbocycles. The Hall–Kier alpha value is -1.82. The number of rotatable bonds is 2. The van der Waals surface area contributed by atoms with Crippen molar-refractivity contribution in [3.63, 3.8) is 0 Å². The topological polar surface area (TPSA) is 49.8 Å². The van der Waals surface area contributed by atoms with Crippen molar-refractivity contribution in [2.75, 3.05) is 0 Å². The highest BCUT2D eigenvalue weighted by Gasteiger charge is 2.05. The third-order valence-corrected chi connectivity index (χ3v) is 2.83. The smallest absolute Gasteiger partial charge is 0.0991 e. The van der Waals surface area contributed by atoms with Crippen LogP contribution in [0.15, 0.2) is 42.5 Å². The van der Waals surface area contributed by atoms with E-state index in [1.807, 2.05) is 36.4 Å². The first-order valence-corrected chi connectivity index (χ1v) is 5.61. The van der Waals surface area contributed by atoms with Crippen LogP contribution >= 0.6 is 11.6 Å². The lowest BCUT2D eigenvalue weighted by Gasteiger charge is -2.08. The summed E-state index contributed by atoms with van der Waals surface area (Å²) in [6, 6.07) is 15.2. The zero-order chi connectivity index (χ0) is 12.3. The summed E-state index contributed by atoms with van der Waals surface area (Å²) in [6.45, 7) is 0.448. The molecule has 0 bridgehead atoms. The van der Waals surface area contributed by atoms with Gasteiger partial charge in [-0.3, -0.25) is 0 Å². The number of hydrogen-bond donors (Lipinski definition) is 1. The van der Waals surface area contributed by atoms with Crippen LogP contribution < -0.4 is 5.73 Å². The second-order valence-electron chi connectivity index (χ2n) is 3.70. The predicted octanol–water partition coefficient (Wildman–Crippen LogP) is 3.34. The maximum atomic E-state index is 8.89. The molecule has 0 fully saturated rings. The summed E-state index contributed by atoms with van der Waals surface area (Å²) in [5.74, 6) is 0. The Labute approximate surface area is 105 Å².